The van der Waals surface area contributed by atoms with E-state index < -0.39 is 6.23 Å². The van der Waals surface area contributed by atoms with Crippen molar-refractivity contribution in [1.82, 2.24) is 19.5 Å². The number of halogens is 1. The highest BCUT2D eigenvalue weighted by atomic mass is 127. The highest BCUT2D eigenvalue weighted by molar-refractivity contribution is 14.1. The number of aromatic amines is 1. The molecule has 2 aromatic rings. The predicted molar refractivity (Wildman–Crippen MR) is 101 cm³/mol. The van der Waals surface area contributed by atoms with Crippen molar-refractivity contribution in [2.24, 2.45) is 5.92 Å². The molecule has 0 saturated carbocycles. The van der Waals surface area contributed by atoms with Crippen LogP contribution in [0.15, 0.2) is 11.1 Å². The summed E-state index contributed by atoms with van der Waals surface area (Å²) >= 11 is 2.21. The van der Waals surface area contributed by atoms with E-state index in [2.05, 4.69) is 56.7 Å². The summed E-state index contributed by atoms with van der Waals surface area (Å²) in [6, 6.07) is 0. The van der Waals surface area contributed by atoms with Crippen LogP contribution in [0.3, 0.4) is 0 Å². The number of methoxy groups -OCH3 is 1. The number of nitrogens with one attached hydrogen (secondary N) is 2. The minimum absolute atomic E-state index is 0.0319. The molecule has 1 fully saturated rings. The lowest BCUT2D eigenvalue weighted by atomic mass is 10.2. The van der Waals surface area contributed by atoms with Gasteiger partial charge in [-0.25, -0.2) is 4.98 Å². The first kappa shape index (κ1) is 18.5. The molecule has 0 aromatic carbocycles. The topological polar surface area (TPSA) is 114 Å². The first-order valence-corrected chi connectivity index (χ1v) is 9.34. The largest absolute Gasteiger partial charge is 0.394 e. The van der Waals surface area contributed by atoms with Gasteiger partial charge in [0.2, 0.25) is 5.95 Å². The Labute approximate surface area is 158 Å². The number of nitrogens with zero attached hydrogens (tertiary/aromatic N) is 3. The van der Waals surface area contributed by atoms with Crippen molar-refractivity contribution < 1.29 is 14.6 Å². The molecule has 0 spiro atoms. The smallest absolute Gasteiger partial charge is 0.280 e. The fraction of sp³-hybridized carbons (Fsp3) is 0.667. The maximum absolute atomic E-state index is 12.3. The van der Waals surface area contributed by atoms with Crippen LogP contribution in [-0.4, -0.2) is 61.0 Å². The molecule has 4 atom stereocenters. The van der Waals surface area contributed by atoms with Gasteiger partial charge < -0.3 is 19.9 Å². The zero-order valence-corrected chi connectivity index (χ0v) is 16.4. The van der Waals surface area contributed by atoms with Crippen molar-refractivity contribution in [2.75, 3.05) is 25.6 Å². The molecule has 3 N–H and O–H groups in total. The molecule has 10 heteroatoms. The van der Waals surface area contributed by atoms with Gasteiger partial charge in [-0.1, -0.05) is 36.4 Å². The molecule has 0 radical (unpaired) electrons. The molecule has 9 nitrogen and oxygen atoms in total. The van der Waals surface area contributed by atoms with Gasteiger partial charge in [-0.15, -0.1) is 0 Å². The molecule has 3 rings (SSSR count). The Bertz CT molecular complexity index is 792. The highest BCUT2D eigenvalue weighted by Crippen LogP contribution is 2.36. The Balaban J connectivity index is 2.00. The number of rotatable bonds is 6. The van der Waals surface area contributed by atoms with Gasteiger partial charge in [-0.05, 0) is 5.92 Å². The van der Waals surface area contributed by atoms with Gasteiger partial charge in [-0.3, -0.25) is 14.3 Å². The summed E-state index contributed by atoms with van der Waals surface area (Å²) in [6.07, 6.45) is 0.372. The summed E-state index contributed by atoms with van der Waals surface area (Å²) in [6.45, 7) is 4.72. The number of hydrogen-bond acceptors (Lipinski definition) is 7. The Morgan fingerprint density at radius 2 is 2.32 bits per heavy atom. The van der Waals surface area contributed by atoms with Gasteiger partial charge >= 0.3 is 0 Å². The van der Waals surface area contributed by atoms with Gasteiger partial charge in [0.1, 0.15) is 6.10 Å². The Kier molecular flexibility index (Phi) is 5.61. The van der Waals surface area contributed by atoms with Crippen molar-refractivity contribution in [3.8, 4) is 0 Å². The van der Waals surface area contributed by atoms with Gasteiger partial charge in [-0.2, -0.15) is 4.98 Å². The van der Waals surface area contributed by atoms with Crippen LogP contribution < -0.4 is 10.9 Å². The fourth-order valence-corrected chi connectivity index (χ4v) is 3.86. The van der Waals surface area contributed by atoms with Crippen molar-refractivity contribution in [1.29, 1.82) is 0 Å². The fourth-order valence-electron chi connectivity index (χ4n) is 2.81. The number of aromatic nitrogens is 4. The number of H-pyrrole nitrogens is 1. The Hall–Kier alpha value is -1.24. The van der Waals surface area contributed by atoms with Crippen LogP contribution in [0.4, 0.5) is 5.95 Å². The van der Waals surface area contributed by atoms with Crippen molar-refractivity contribution >= 4 is 39.7 Å². The van der Waals surface area contributed by atoms with Crippen molar-refractivity contribution in [3.05, 3.63) is 16.7 Å². The van der Waals surface area contributed by atoms with Crippen LogP contribution in [0.1, 0.15) is 20.1 Å². The van der Waals surface area contributed by atoms with E-state index in [1.54, 1.807) is 11.7 Å². The minimum Gasteiger partial charge on any atom is -0.394 e. The van der Waals surface area contributed by atoms with E-state index in [1.165, 1.54) is 6.33 Å². The number of ether oxygens (including phenoxy) is 2. The van der Waals surface area contributed by atoms with Gasteiger partial charge in [0.05, 0.1) is 23.0 Å². The normalized spacial score (nSPS) is 26.6. The lowest BCUT2D eigenvalue weighted by molar-refractivity contribution is -0.0583. The third-order valence-corrected chi connectivity index (χ3v) is 5.61. The van der Waals surface area contributed by atoms with Crippen LogP contribution in [0.5, 0.6) is 0 Å². The zero-order chi connectivity index (χ0) is 18.1. The van der Waals surface area contributed by atoms with E-state index in [0.29, 0.717) is 24.1 Å². The third-order valence-electron chi connectivity index (χ3n) is 4.10. The molecule has 25 heavy (non-hydrogen) atoms. The maximum Gasteiger partial charge on any atom is 0.280 e. The van der Waals surface area contributed by atoms with Crippen LogP contribution >= 0.6 is 22.6 Å². The highest BCUT2D eigenvalue weighted by Gasteiger charge is 2.44. The lowest BCUT2D eigenvalue weighted by Crippen LogP contribution is -2.30. The van der Waals surface area contributed by atoms with Gasteiger partial charge in [0.25, 0.3) is 5.56 Å². The molecule has 3 heterocycles. The molecule has 138 valence electrons. The summed E-state index contributed by atoms with van der Waals surface area (Å²) in [4.78, 5) is 23.6. The average molecular weight is 463 g/mol. The average Bonchev–Trinajstić information content (AvgIpc) is 3.13. The van der Waals surface area contributed by atoms with E-state index in [0.717, 1.165) is 0 Å². The summed E-state index contributed by atoms with van der Waals surface area (Å²) < 4.78 is 13.1. The molecule has 0 amide bonds. The van der Waals surface area contributed by atoms with E-state index in [9.17, 15) is 9.90 Å². The van der Waals surface area contributed by atoms with E-state index >= 15 is 0 Å². The number of fused-ring (bicyclic) bond motifs is 1. The number of alkyl halides is 1. The molecule has 0 aliphatic carbocycles. The Morgan fingerprint density at radius 1 is 1.56 bits per heavy atom. The second kappa shape index (κ2) is 7.56. The number of aliphatic hydroxyl groups excluding tert-OH is 1. The Morgan fingerprint density at radius 3 is 2.96 bits per heavy atom. The molecule has 1 aliphatic heterocycles. The maximum atomic E-state index is 12.3. The quantitative estimate of drug-likeness (QED) is 0.431. The van der Waals surface area contributed by atoms with Gasteiger partial charge in [0.15, 0.2) is 17.4 Å². The number of aliphatic hydroxyl groups is 1. The summed E-state index contributed by atoms with van der Waals surface area (Å²) in [5.74, 6) is 0.802. The van der Waals surface area contributed by atoms with Crippen LogP contribution in [0, 0.1) is 5.92 Å². The standard InChI is InChI=1S/C15H22IN5O4/c1-7(2)4-17-15-19-12-10(13(23)20-15)18-6-21(12)14-11(24-3)9(16)8(5-22)25-14/h6-9,11,14,22H,4-5H2,1-3H3,(H2,17,19,20,23)/t8-,9+,11-,14-/m1/s1. The summed E-state index contributed by atoms with van der Waals surface area (Å²) in [7, 11) is 1.60. The number of hydrogen-bond donors (Lipinski definition) is 3. The van der Waals surface area contributed by atoms with E-state index in [4.69, 9.17) is 9.47 Å². The zero-order valence-electron chi connectivity index (χ0n) is 14.3. The second-order valence-corrected chi connectivity index (χ2v) is 7.84. The second-order valence-electron chi connectivity index (χ2n) is 6.41. The molecule has 1 saturated heterocycles. The van der Waals surface area contributed by atoms with Crippen molar-refractivity contribution in [3.63, 3.8) is 0 Å². The van der Waals surface area contributed by atoms with Crippen LogP contribution in [0.2, 0.25) is 0 Å². The van der Waals surface area contributed by atoms with Crippen molar-refractivity contribution in [2.45, 2.75) is 36.2 Å². The minimum atomic E-state index is -0.513. The monoisotopic (exact) mass is 463 g/mol. The first-order valence-electron chi connectivity index (χ1n) is 8.10. The van der Waals surface area contributed by atoms with Crippen LogP contribution in [-0.2, 0) is 9.47 Å². The molecular formula is C15H22IN5O4. The molecule has 0 bridgehead atoms. The predicted octanol–water partition coefficient (Wildman–Crippen LogP) is 0.896. The lowest BCUT2D eigenvalue weighted by Gasteiger charge is -2.20. The molecular weight excluding hydrogens is 441 g/mol. The summed E-state index contributed by atoms with van der Waals surface area (Å²) in [5.41, 5.74) is 0.349. The first-order chi connectivity index (χ1) is 12.0. The molecule has 2 aromatic heterocycles. The summed E-state index contributed by atoms with van der Waals surface area (Å²) in [5, 5.41) is 12.6. The van der Waals surface area contributed by atoms with Crippen LogP contribution in [0.25, 0.3) is 11.2 Å². The number of anilines is 1. The SMILES string of the molecule is CO[C@@H]1[C@@H](I)[C@@H](CO)O[C@H]1n1cnc2c(=O)[nH]c(NCC(C)C)nc21. The van der Waals surface area contributed by atoms with E-state index in [1.807, 2.05) is 0 Å². The third kappa shape index (κ3) is 3.52. The van der Waals surface area contributed by atoms with Gasteiger partial charge in [0, 0.05) is 13.7 Å². The number of imidazole rings is 1. The van der Waals surface area contributed by atoms with E-state index in [-0.39, 0.29) is 33.8 Å². The molecule has 1 aliphatic rings. The molecule has 0 unspecified atom stereocenters.